The standard InChI is InChI=1S/C25H25N9O2/c1-16-3-2-4-19(30-16)23-27-13-9-21(33-23)32-22-10-14-28-25(34-22)31-17-5-6-20(29-15-17)24(35)36-18-7-11-26-12-8-18/h2-6,9-10,13-15,18,26H,7-8,11-12H2,1H3,(H2,27,28,31,32,33,34). The second kappa shape index (κ2) is 10.8. The number of carbonyl (C=O) groups is 1. The topological polar surface area (TPSA) is 140 Å². The van der Waals surface area contributed by atoms with Gasteiger partial charge in [0.15, 0.2) is 5.82 Å². The first kappa shape index (κ1) is 23.2. The summed E-state index contributed by atoms with van der Waals surface area (Å²) in [6, 6.07) is 12.5. The summed E-state index contributed by atoms with van der Waals surface area (Å²) in [7, 11) is 0. The van der Waals surface area contributed by atoms with Gasteiger partial charge in [0.1, 0.15) is 29.1 Å². The molecule has 1 aliphatic heterocycles. The molecule has 1 saturated heterocycles. The predicted octanol–water partition coefficient (Wildman–Crippen LogP) is 3.43. The highest BCUT2D eigenvalue weighted by Gasteiger charge is 2.19. The van der Waals surface area contributed by atoms with E-state index in [1.807, 2.05) is 25.1 Å². The number of carbonyl (C=O) groups excluding carboxylic acids is 1. The Kier molecular flexibility index (Phi) is 6.99. The van der Waals surface area contributed by atoms with Crippen molar-refractivity contribution in [1.82, 2.24) is 35.2 Å². The first-order valence-corrected chi connectivity index (χ1v) is 11.6. The van der Waals surface area contributed by atoms with E-state index in [0.717, 1.165) is 31.6 Å². The van der Waals surface area contributed by atoms with Crippen molar-refractivity contribution < 1.29 is 9.53 Å². The summed E-state index contributed by atoms with van der Waals surface area (Å²) in [5, 5.41) is 9.51. The van der Waals surface area contributed by atoms with E-state index in [0.29, 0.717) is 34.8 Å². The highest BCUT2D eigenvalue weighted by Crippen LogP contribution is 2.19. The minimum Gasteiger partial charge on any atom is -0.458 e. The summed E-state index contributed by atoms with van der Waals surface area (Å²) < 4.78 is 5.54. The Labute approximate surface area is 207 Å². The van der Waals surface area contributed by atoms with Gasteiger partial charge in [0.05, 0.1) is 11.9 Å². The van der Waals surface area contributed by atoms with E-state index in [2.05, 4.69) is 45.9 Å². The van der Waals surface area contributed by atoms with Crippen LogP contribution in [0.2, 0.25) is 0 Å². The molecule has 1 aliphatic rings. The number of ether oxygens (including phenoxy) is 1. The number of nitrogens with zero attached hydrogens (tertiary/aromatic N) is 6. The largest absolute Gasteiger partial charge is 0.458 e. The van der Waals surface area contributed by atoms with Crippen LogP contribution in [0.15, 0.2) is 61.1 Å². The molecule has 4 aromatic heterocycles. The molecule has 0 bridgehead atoms. The van der Waals surface area contributed by atoms with Crippen LogP contribution in [0.25, 0.3) is 11.5 Å². The molecule has 0 atom stereocenters. The number of aromatic nitrogens is 6. The lowest BCUT2D eigenvalue weighted by molar-refractivity contribution is 0.0223. The fourth-order valence-electron chi connectivity index (χ4n) is 3.68. The highest BCUT2D eigenvalue weighted by molar-refractivity contribution is 5.87. The van der Waals surface area contributed by atoms with Crippen molar-refractivity contribution >= 4 is 29.2 Å². The fourth-order valence-corrected chi connectivity index (χ4v) is 3.68. The van der Waals surface area contributed by atoms with Crippen LogP contribution in [-0.2, 0) is 4.74 Å². The Morgan fingerprint density at radius 1 is 0.917 bits per heavy atom. The molecule has 5 heterocycles. The molecule has 182 valence electrons. The number of pyridine rings is 2. The molecule has 0 aliphatic carbocycles. The van der Waals surface area contributed by atoms with Crippen molar-refractivity contribution in [2.75, 3.05) is 23.7 Å². The number of rotatable bonds is 7. The van der Waals surface area contributed by atoms with Crippen molar-refractivity contribution in [2.24, 2.45) is 0 Å². The van der Waals surface area contributed by atoms with Gasteiger partial charge in [-0.1, -0.05) is 6.07 Å². The Hall–Kier alpha value is -4.51. The fraction of sp³-hybridized carbons (Fsp3) is 0.240. The van der Waals surface area contributed by atoms with Gasteiger partial charge in [-0.3, -0.25) is 0 Å². The molecular formula is C25H25N9O2. The normalized spacial score (nSPS) is 13.7. The van der Waals surface area contributed by atoms with Gasteiger partial charge in [-0.15, -0.1) is 0 Å². The van der Waals surface area contributed by atoms with Gasteiger partial charge in [0.25, 0.3) is 0 Å². The molecule has 0 spiro atoms. The zero-order chi connectivity index (χ0) is 24.7. The minimum atomic E-state index is -0.416. The van der Waals surface area contributed by atoms with Crippen molar-refractivity contribution in [3.05, 3.63) is 72.4 Å². The number of hydrogen-bond acceptors (Lipinski definition) is 11. The molecule has 0 radical (unpaired) electrons. The van der Waals surface area contributed by atoms with Crippen LogP contribution < -0.4 is 16.0 Å². The van der Waals surface area contributed by atoms with Crippen LogP contribution in [0.1, 0.15) is 29.0 Å². The maximum atomic E-state index is 12.4. The molecule has 3 N–H and O–H groups in total. The number of piperidine rings is 1. The van der Waals surface area contributed by atoms with Gasteiger partial charge in [-0.05, 0) is 69.3 Å². The van der Waals surface area contributed by atoms with Crippen LogP contribution in [0.4, 0.5) is 23.3 Å². The second-order valence-electron chi connectivity index (χ2n) is 8.23. The molecular weight excluding hydrogens is 458 g/mol. The van der Waals surface area contributed by atoms with Crippen molar-refractivity contribution in [1.29, 1.82) is 0 Å². The Bertz CT molecular complexity index is 1340. The predicted molar refractivity (Wildman–Crippen MR) is 134 cm³/mol. The van der Waals surface area contributed by atoms with Crippen molar-refractivity contribution in [3.63, 3.8) is 0 Å². The molecule has 0 saturated carbocycles. The lowest BCUT2D eigenvalue weighted by Gasteiger charge is -2.22. The molecule has 0 amide bonds. The first-order chi connectivity index (χ1) is 17.6. The zero-order valence-electron chi connectivity index (χ0n) is 19.7. The second-order valence-corrected chi connectivity index (χ2v) is 8.23. The smallest absolute Gasteiger partial charge is 0.357 e. The Morgan fingerprint density at radius 3 is 2.50 bits per heavy atom. The monoisotopic (exact) mass is 483 g/mol. The van der Waals surface area contributed by atoms with E-state index >= 15 is 0 Å². The van der Waals surface area contributed by atoms with Crippen LogP contribution in [-0.4, -0.2) is 55.1 Å². The molecule has 11 nitrogen and oxygen atoms in total. The van der Waals surface area contributed by atoms with E-state index in [9.17, 15) is 4.79 Å². The van der Waals surface area contributed by atoms with Gasteiger partial charge in [-0.2, -0.15) is 4.98 Å². The zero-order valence-corrected chi connectivity index (χ0v) is 19.7. The van der Waals surface area contributed by atoms with Gasteiger partial charge in [0, 0.05) is 18.1 Å². The first-order valence-electron chi connectivity index (χ1n) is 11.6. The average molecular weight is 484 g/mol. The Morgan fingerprint density at radius 2 is 1.72 bits per heavy atom. The summed E-state index contributed by atoms with van der Waals surface area (Å²) in [6.07, 6.45) is 6.39. The van der Waals surface area contributed by atoms with Gasteiger partial charge in [-0.25, -0.2) is 29.7 Å². The molecule has 5 rings (SSSR count). The van der Waals surface area contributed by atoms with E-state index in [-0.39, 0.29) is 11.8 Å². The summed E-state index contributed by atoms with van der Waals surface area (Å²) in [5.41, 5.74) is 2.49. The maximum Gasteiger partial charge on any atom is 0.357 e. The minimum absolute atomic E-state index is 0.0685. The average Bonchev–Trinajstić information content (AvgIpc) is 2.90. The van der Waals surface area contributed by atoms with Crippen molar-refractivity contribution in [3.8, 4) is 11.5 Å². The SMILES string of the molecule is Cc1cccc(-c2nccc(Nc3ccnc(Nc4ccc(C(=O)OC5CCNCC5)nc4)n3)n2)n1. The molecule has 1 fully saturated rings. The molecule has 4 aromatic rings. The number of aryl methyl sites for hydroxylation is 1. The summed E-state index contributed by atoms with van der Waals surface area (Å²) in [5.74, 6) is 1.58. The quantitative estimate of drug-likeness (QED) is 0.333. The molecule has 0 aromatic carbocycles. The number of hydrogen-bond donors (Lipinski definition) is 3. The third-order valence-corrected chi connectivity index (χ3v) is 5.47. The van der Waals surface area contributed by atoms with Crippen LogP contribution in [0, 0.1) is 6.92 Å². The summed E-state index contributed by atoms with van der Waals surface area (Å²) >= 11 is 0. The van der Waals surface area contributed by atoms with Crippen LogP contribution in [0.3, 0.4) is 0 Å². The van der Waals surface area contributed by atoms with E-state index < -0.39 is 5.97 Å². The Balaban J connectivity index is 1.23. The van der Waals surface area contributed by atoms with Gasteiger partial charge in [0.2, 0.25) is 5.95 Å². The lowest BCUT2D eigenvalue weighted by Crippen LogP contribution is -2.33. The third kappa shape index (κ3) is 5.94. The molecule has 11 heteroatoms. The maximum absolute atomic E-state index is 12.4. The van der Waals surface area contributed by atoms with Gasteiger partial charge >= 0.3 is 5.97 Å². The van der Waals surface area contributed by atoms with E-state index in [1.54, 1.807) is 42.9 Å². The van der Waals surface area contributed by atoms with Crippen LogP contribution in [0.5, 0.6) is 0 Å². The van der Waals surface area contributed by atoms with Crippen LogP contribution >= 0.6 is 0 Å². The van der Waals surface area contributed by atoms with Gasteiger partial charge < -0.3 is 20.7 Å². The highest BCUT2D eigenvalue weighted by atomic mass is 16.5. The summed E-state index contributed by atoms with van der Waals surface area (Å²) in [4.78, 5) is 38.7. The lowest BCUT2D eigenvalue weighted by atomic mass is 10.1. The molecule has 0 unspecified atom stereocenters. The van der Waals surface area contributed by atoms with E-state index in [1.165, 1.54) is 0 Å². The molecule has 36 heavy (non-hydrogen) atoms. The summed E-state index contributed by atoms with van der Waals surface area (Å²) in [6.45, 7) is 3.63. The van der Waals surface area contributed by atoms with E-state index in [4.69, 9.17) is 4.74 Å². The van der Waals surface area contributed by atoms with Crippen molar-refractivity contribution in [2.45, 2.75) is 25.9 Å². The number of anilines is 4. The third-order valence-electron chi connectivity index (χ3n) is 5.47. The number of nitrogens with one attached hydrogen (secondary N) is 3. The number of esters is 1.